The van der Waals surface area contributed by atoms with Gasteiger partial charge in [-0.25, -0.2) is 8.42 Å². The van der Waals surface area contributed by atoms with Crippen LogP contribution in [-0.4, -0.2) is 31.6 Å². The second-order valence-electron chi connectivity index (χ2n) is 4.35. The van der Waals surface area contributed by atoms with Gasteiger partial charge in [0.15, 0.2) is 0 Å². The number of Topliss-reactive ketones (excluding diaryl/α,β-unsaturated/α-hetero) is 1. The monoisotopic (exact) mass is 307 g/mol. The third kappa shape index (κ3) is 2.77. The molecule has 0 atom stereocenters. The first-order chi connectivity index (χ1) is 8.41. The molecule has 4 nitrogen and oxygen atoms in total. The van der Waals surface area contributed by atoms with Crippen molar-refractivity contribution in [1.29, 1.82) is 0 Å². The summed E-state index contributed by atoms with van der Waals surface area (Å²) in [6, 6.07) is 3.11. The van der Waals surface area contributed by atoms with Crippen LogP contribution >= 0.6 is 22.9 Å². The first-order valence-electron chi connectivity index (χ1n) is 5.67. The fourth-order valence-electron chi connectivity index (χ4n) is 2.07. The summed E-state index contributed by atoms with van der Waals surface area (Å²) in [6.45, 7) is 2.37. The lowest BCUT2D eigenvalue weighted by Crippen LogP contribution is -2.39. The molecule has 2 heterocycles. The molecule has 1 aliphatic heterocycles. The third-order valence-electron chi connectivity index (χ3n) is 3.17. The first-order valence-corrected chi connectivity index (χ1v) is 8.30. The van der Waals surface area contributed by atoms with Crippen molar-refractivity contribution in [2.45, 2.75) is 24.0 Å². The Balaban J connectivity index is 2.12. The molecule has 18 heavy (non-hydrogen) atoms. The Bertz CT molecular complexity index is 544. The normalized spacial score (nSPS) is 19.0. The molecule has 0 aromatic carbocycles. The van der Waals surface area contributed by atoms with Gasteiger partial charge in [-0.2, -0.15) is 4.31 Å². The predicted molar refractivity (Wildman–Crippen MR) is 71.5 cm³/mol. The van der Waals surface area contributed by atoms with E-state index in [1.807, 2.05) is 0 Å². The Morgan fingerprint density at radius 2 is 2.00 bits per heavy atom. The van der Waals surface area contributed by atoms with Gasteiger partial charge in [-0.15, -0.1) is 11.3 Å². The van der Waals surface area contributed by atoms with Gasteiger partial charge < -0.3 is 0 Å². The standard InChI is InChI=1S/C11H14ClNO3S2/c1-8(14)9-4-6-13(7-5-9)18(15,16)11-3-2-10(12)17-11/h2-3,9H,4-7H2,1H3. The van der Waals surface area contributed by atoms with Crippen LogP contribution in [0.3, 0.4) is 0 Å². The molecule has 1 aliphatic rings. The molecule has 2 rings (SSSR count). The van der Waals surface area contributed by atoms with Gasteiger partial charge in [0.25, 0.3) is 10.0 Å². The molecule has 0 N–H and O–H groups in total. The van der Waals surface area contributed by atoms with Crippen LogP contribution in [0.4, 0.5) is 0 Å². The van der Waals surface area contributed by atoms with Gasteiger partial charge in [-0.3, -0.25) is 4.79 Å². The van der Waals surface area contributed by atoms with Crippen LogP contribution in [0.2, 0.25) is 4.34 Å². The number of hydrogen-bond acceptors (Lipinski definition) is 4. The molecule has 0 amide bonds. The highest BCUT2D eigenvalue weighted by Crippen LogP contribution is 2.30. The van der Waals surface area contributed by atoms with Crippen LogP contribution < -0.4 is 0 Å². The molecule has 0 unspecified atom stereocenters. The van der Waals surface area contributed by atoms with E-state index in [4.69, 9.17) is 11.6 Å². The highest BCUT2D eigenvalue weighted by Gasteiger charge is 2.31. The highest BCUT2D eigenvalue weighted by atomic mass is 35.5. The maximum absolute atomic E-state index is 12.3. The average Bonchev–Trinajstić information content (AvgIpc) is 2.76. The van der Waals surface area contributed by atoms with Crippen molar-refractivity contribution in [1.82, 2.24) is 4.31 Å². The summed E-state index contributed by atoms with van der Waals surface area (Å²) < 4.78 is 26.7. The summed E-state index contributed by atoms with van der Waals surface area (Å²) in [5.74, 6) is 0.148. The Labute approximate surface area is 116 Å². The van der Waals surface area contributed by atoms with Gasteiger partial charge in [-0.05, 0) is 31.9 Å². The van der Waals surface area contributed by atoms with E-state index in [1.54, 1.807) is 13.0 Å². The minimum atomic E-state index is -3.43. The van der Waals surface area contributed by atoms with Gasteiger partial charge in [0.05, 0.1) is 4.34 Å². The SMILES string of the molecule is CC(=O)C1CCN(S(=O)(=O)c2ccc(Cl)s2)CC1. The lowest BCUT2D eigenvalue weighted by molar-refractivity contribution is -0.121. The number of piperidine rings is 1. The van der Waals surface area contributed by atoms with Crippen LogP contribution in [0.1, 0.15) is 19.8 Å². The highest BCUT2D eigenvalue weighted by molar-refractivity contribution is 7.91. The summed E-state index contributed by atoms with van der Waals surface area (Å²) in [6.07, 6.45) is 1.21. The number of sulfonamides is 1. The van der Waals surface area contributed by atoms with E-state index < -0.39 is 10.0 Å². The number of nitrogens with zero attached hydrogens (tertiary/aromatic N) is 1. The molecular formula is C11H14ClNO3S2. The van der Waals surface area contributed by atoms with E-state index in [0.29, 0.717) is 30.3 Å². The number of halogens is 1. The molecule has 1 aromatic heterocycles. The van der Waals surface area contributed by atoms with Gasteiger partial charge in [-0.1, -0.05) is 11.6 Å². The van der Waals surface area contributed by atoms with Gasteiger partial charge >= 0.3 is 0 Å². The Morgan fingerprint density at radius 1 is 1.39 bits per heavy atom. The number of hydrogen-bond donors (Lipinski definition) is 0. The number of carbonyl (C=O) groups is 1. The topological polar surface area (TPSA) is 54.5 Å². The molecule has 0 bridgehead atoms. The second-order valence-corrected chi connectivity index (χ2v) is 8.23. The van der Waals surface area contributed by atoms with Crippen LogP contribution in [0.15, 0.2) is 16.3 Å². The van der Waals surface area contributed by atoms with Gasteiger partial charge in [0, 0.05) is 19.0 Å². The van der Waals surface area contributed by atoms with Crippen molar-refractivity contribution in [2.24, 2.45) is 5.92 Å². The number of thiophene rings is 1. The summed E-state index contributed by atoms with van der Waals surface area (Å²) in [5, 5.41) is 0. The molecule has 7 heteroatoms. The molecule has 0 spiro atoms. The van der Waals surface area contributed by atoms with E-state index in [1.165, 1.54) is 10.4 Å². The molecule has 0 saturated carbocycles. The van der Waals surface area contributed by atoms with Crippen molar-refractivity contribution in [3.05, 3.63) is 16.5 Å². The number of carbonyl (C=O) groups excluding carboxylic acids is 1. The zero-order valence-electron chi connectivity index (χ0n) is 9.93. The van der Waals surface area contributed by atoms with Crippen molar-refractivity contribution in [3.63, 3.8) is 0 Å². The largest absolute Gasteiger partial charge is 0.300 e. The summed E-state index contributed by atoms with van der Waals surface area (Å²) in [5.41, 5.74) is 0. The Kier molecular flexibility index (Phi) is 4.11. The maximum atomic E-state index is 12.3. The summed E-state index contributed by atoms with van der Waals surface area (Å²) in [7, 11) is -3.43. The van der Waals surface area contributed by atoms with E-state index in [2.05, 4.69) is 0 Å². The number of rotatable bonds is 3. The smallest absolute Gasteiger partial charge is 0.252 e. The van der Waals surface area contributed by atoms with Crippen LogP contribution in [0.5, 0.6) is 0 Å². The van der Waals surface area contributed by atoms with E-state index in [0.717, 1.165) is 11.3 Å². The van der Waals surface area contributed by atoms with E-state index in [9.17, 15) is 13.2 Å². The summed E-state index contributed by atoms with van der Waals surface area (Å²) >= 11 is 6.83. The minimum absolute atomic E-state index is 0.00312. The molecule has 100 valence electrons. The van der Waals surface area contributed by atoms with Crippen LogP contribution in [0.25, 0.3) is 0 Å². The minimum Gasteiger partial charge on any atom is -0.300 e. The third-order valence-corrected chi connectivity index (χ3v) is 6.77. The zero-order chi connectivity index (χ0) is 13.3. The molecule has 0 aliphatic carbocycles. The van der Waals surface area contributed by atoms with Crippen molar-refractivity contribution in [2.75, 3.05) is 13.1 Å². The van der Waals surface area contributed by atoms with E-state index >= 15 is 0 Å². The lowest BCUT2D eigenvalue weighted by atomic mass is 9.95. The quantitative estimate of drug-likeness (QED) is 0.861. The fraction of sp³-hybridized carbons (Fsp3) is 0.545. The molecule has 0 radical (unpaired) electrons. The predicted octanol–water partition coefficient (Wildman–Crippen LogP) is 2.39. The van der Waals surface area contributed by atoms with Gasteiger partial charge in [0.1, 0.15) is 9.99 Å². The molecule has 1 saturated heterocycles. The van der Waals surface area contributed by atoms with E-state index in [-0.39, 0.29) is 15.9 Å². The lowest BCUT2D eigenvalue weighted by Gasteiger charge is -2.29. The molecule has 1 fully saturated rings. The summed E-state index contributed by atoms with van der Waals surface area (Å²) in [4.78, 5) is 11.2. The number of ketones is 1. The van der Waals surface area contributed by atoms with Crippen molar-refractivity contribution in [3.8, 4) is 0 Å². The molecule has 1 aromatic rings. The Hall–Kier alpha value is -0.430. The van der Waals surface area contributed by atoms with Crippen molar-refractivity contribution >= 4 is 38.7 Å². The Morgan fingerprint density at radius 3 is 2.44 bits per heavy atom. The zero-order valence-corrected chi connectivity index (χ0v) is 12.3. The average molecular weight is 308 g/mol. The van der Waals surface area contributed by atoms with Crippen molar-refractivity contribution < 1.29 is 13.2 Å². The van der Waals surface area contributed by atoms with Gasteiger partial charge in [0.2, 0.25) is 0 Å². The fourth-order valence-corrected chi connectivity index (χ4v) is 5.17. The van der Waals surface area contributed by atoms with Crippen LogP contribution in [0, 0.1) is 5.92 Å². The van der Waals surface area contributed by atoms with Crippen LogP contribution in [-0.2, 0) is 14.8 Å². The first kappa shape index (κ1) is 14.0. The maximum Gasteiger partial charge on any atom is 0.252 e. The molecular weight excluding hydrogens is 294 g/mol. The second kappa shape index (κ2) is 5.28.